The minimum absolute atomic E-state index is 0.117. The van der Waals surface area contributed by atoms with Gasteiger partial charge >= 0.3 is 0 Å². The summed E-state index contributed by atoms with van der Waals surface area (Å²) in [5, 5.41) is 9.89. The van der Waals surface area contributed by atoms with Crippen molar-refractivity contribution in [3.05, 3.63) is 24.3 Å². The summed E-state index contributed by atoms with van der Waals surface area (Å²) in [5.74, 6) is 0.447. The molecule has 0 saturated carbocycles. The highest BCUT2D eigenvalue weighted by atomic mass is 32.2. The topological polar surface area (TPSA) is 57.6 Å². The second-order valence-corrected chi connectivity index (χ2v) is 7.45. The van der Waals surface area contributed by atoms with Crippen molar-refractivity contribution in [1.82, 2.24) is 0 Å². The molecule has 1 aliphatic heterocycles. The number of hydrogen-bond acceptors (Lipinski definition) is 4. The van der Waals surface area contributed by atoms with E-state index in [4.69, 9.17) is 0 Å². The minimum Gasteiger partial charge on any atom is -0.391 e. The van der Waals surface area contributed by atoms with E-state index in [1.54, 1.807) is 19.1 Å². The monoisotopic (exact) mass is 283 g/mol. The molecule has 19 heavy (non-hydrogen) atoms. The van der Waals surface area contributed by atoms with Gasteiger partial charge in [-0.25, -0.2) is 8.42 Å². The molecule has 0 radical (unpaired) electrons. The highest BCUT2D eigenvalue weighted by molar-refractivity contribution is 7.91. The average molecular weight is 283 g/mol. The van der Waals surface area contributed by atoms with Gasteiger partial charge in [-0.05, 0) is 36.6 Å². The second-order valence-electron chi connectivity index (χ2n) is 5.18. The lowest BCUT2D eigenvalue weighted by Gasteiger charge is -2.35. The number of aliphatic hydroxyl groups is 1. The van der Waals surface area contributed by atoms with Gasteiger partial charge in [0.25, 0.3) is 0 Å². The third kappa shape index (κ3) is 3.09. The van der Waals surface area contributed by atoms with Crippen LogP contribution in [0.3, 0.4) is 0 Å². The molecule has 0 bridgehead atoms. The maximum Gasteiger partial charge on any atom is 0.178 e. The molecule has 0 aliphatic carbocycles. The van der Waals surface area contributed by atoms with Gasteiger partial charge in [0.2, 0.25) is 0 Å². The lowest BCUT2D eigenvalue weighted by Crippen LogP contribution is -2.42. The molecule has 1 aromatic carbocycles. The van der Waals surface area contributed by atoms with E-state index < -0.39 is 9.84 Å². The fraction of sp³-hybridized carbons (Fsp3) is 0.571. The van der Waals surface area contributed by atoms with Crippen LogP contribution < -0.4 is 4.90 Å². The molecule has 106 valence electrons. The molecule has 0 spiro atoms. The molecule has 0 aromatic heterocycles. The van der Waals surface area contributed by atoms with Crippen molar-refractivity contribution in [2.24, 2.45) is 5.92 Å². The van der Waals surface area contributed by atoms with Crippen molar-refractivity contribution in [1.29, 1.82) is 0 Å². The van der Waals surface area contributed by atoms with Crippen molar-refractivity contribution < 1.29 is 13.5 Å². The van der Waals surface area contributed by atoms with Gasteiger partial charge in [0.1, 0.15) is 0 Å². The molecule has 1 aromatic rings. The van der Waals surface area contributed by atoms with Gasteiger partial charge in [-0.1, -0.05) is 13.8 Å². The molecule has 1 heterocycles. The normalized spacial score (nSPS) is 24.5. The Kier molecular flexibility index (Phi) is 4.16. The highest BCUT2D eigenvalue weighted by Gasteiger charge is 2.24. The van der Waals surface area contributed by atoms with Crippen LogP contribution in [0.2, 0.25) is 0 Å². The third-order valence-electron chi connectivity index (χ3n) is 3.86. The molecule has 2 atom stereocenters. The molecule has 0 amide bonds. The number of nitrogens with zero attached hydrogens (tertiary/aromatic N) is 1. The van der Waals surface area contributed by atoms with E-state index in [0.717, 1.165) is 18.7 Å². The zero-order chi connectivity index (χ0) is 14.0. The number of sulfone groups is 1. The molecule has 1 fully saturated rings. The Morgan fingerprint density at radius 3 is 2.47 bits per heavy atom. The van der Waals surface area contributed by atoms with Crippen molar-refractivity contribution in [3.8, 4) is 0 Å². The fourth-order valence-corrected chi connectivity index (χ4v) is 3.20. The Hall–Kier alpha value is -1.07. The second kappa shape index (κ2) is 5.51. The SMILES string of the molecule is CCS(=O)(=O)c1ccc(N2CC[C@@H](C)[C@@H](O)C2)cc1. The highest BCUT2D eigenvalue weighted by Crippen LogP contribution is 2.24. The van der Waals surface area contributed by atoms with Gasteiger partial charge in [-0.3, -0.25) is 0 Å². The quantitative estimate of drug-likeness (QED) is 0.917. The summed E-state index contributed by atoms with van der Waals surface area (Å²) in [4.78, 5) is 2.47. The van der Waals surface area contributed by atoms with Crippen LogP contribution in [-0.4, -0.2) is 38.5 Å². The Balaban J connectivity index is 2.15. The summed E-state index contributed by atoms with van der Waals surface area (Å²) in [5.41, 5.74) is 0.973. The molecule has 5 heteroatoms. The van der Waals surface area contributed by atoms with Crippen LogP contribution >= 0.6 is 0 Å². The van der Waals surface area contributed by atoms with Crippen LogP contribution in [-0.2, 0) is 9.84 Å². The number of piperidine rings is 1. The summed E-state index contributed by atoms with van der Waals surface area (Å²) in [7, 11) is -3.13. The van der Waals surface area contributed by atoms with E-state index >= 15 is 0 Å². The summed E-state index contributed by atoms with van der Waals surface area (Å²) in [6.07, 6.45) is 0.642. The van der Waals surface area contributed by atoms with E-state index in [1.165, 1.54) is 0 Å². The van der Waals surface area contributed by atoms with Gasteiger partial charge in [-0.15, -0.1) is 0 Å². The lowest BCUT2D eigenvalue weighted by molar-refractivity contribution is 0.103. The van der Waals surface area contributed by atoms with Gasteiger partial charge < -0.3 is 10.0 Å². The van der Waals surface area contributed by atoms with Gasteiger partial charge in [-0.2, -0.15) is 0 Å². The van der Waals surface area contributed by atoms with Crippen molar-refractivity contribution in [2.45, 2.75) is 31.3 Å². The largest absolute Gasteiger partial charge is 0.391 e. The van der Waals surface area contributed by atoms with E-state index in [1.807, 2.05) is 12.1 Å². The first-order valence-corrected chi connectivity index (χ1v) is 8.35. The Bertz CT molecular complexity index is 524. The molecule has 1 N–H and O–H groups in total. The number of β-amino-alcohol motifs (C(OH)–C–C–N with tert-alkyl or cyclic N) is 1. The van der Waals surface area contributed by atoms with E-state index in [0.29, 0.717) is 17.4 Å². The van der Waals surface area contributed by atoms with Gasteiger partial charge in [0, 0.05) is 18.8 Å². The predicted molar refractivity (Wildman–Crippen MR) is 76.2 cm³/mol. The molecule has 4 nitrogen and oxygen atoms in total. The summed E-state index contributed by atoms with van der Waals surface area (Å²) in [6.45, 7) is 5.21. The number of aliphatic hydroxyl groups excluding tert-OH is 1. The van der Waals surface area contributed by atoms with Crippen LogP contribution in [0.15, 0.2) is 29.2 Å². The summed E-state index contributed by atoms with van der Waals surface area (Å²) < 4.78 is 23.5. The molecule has 0 unspecified atom stereocenters. The smallest absolute Gasteiger partial charge is 0.178 e. The lowest BCUT2D eigenvalue weighted by atomic mass is 9.96. The van der Waals surface area contributed by atoms with Gasteiger partial charge in [0.05, 0.1) is 16.8 Å². The maximum absolute atomic E-state index is 11.7. The Morgan fingerprint density at radius 2 is 1.95 bits per heavy atom. The van der Waals surface area contributed by atoms with Gasteiger partial charge in [0.15, 0.2) is 9.84 Å². The first-order valence-electron chi connectivity index (χ1n) is 6.70. The first-order chi connectivity index (χ1) is 8.94. The molecular weight excluding hydrogens is 262 g/mol. The molecular formula is C14H21NO3S. The average Bonchev–Trinajstić information content (AvgIpc) is 2.42. The number of benzene rings is 1. The summed E-state index contributed by atoms with van der Waals surface area (Å²) >= 11 is 0. The third-order valence-corrected chi connectivity index (χ3v) is 5.61. The zero-order valence-electron chi connectivity index (χ0n) is 11.4. The summed E-state index contributed by atoms with van der Waals surface area (Å²) in [6, 6.07) is 6.95. The van der Waals surface area contributed by atoms with Crippen LogP contribution in [0.5, 0.6) is 0 Å². The first kappa shape index (κ1) is 14.3. The van der Waals surface area contributed by atoms with Crippen molar-refractivity contribution in [3.63, 3.8) is 0 Å². The maximum atomic E-state index is 11.7. The number of hydrogen-bond donors (Lipinski definition) is 1. The molecule has 1 aliphatic rings. The van der Waals surface area contributed by atoms with Crippen LogP contribution in [0.25, 0.3) is 0 Å². The van der Waals surface area contributed by atoms with Crippen molar-refractivity contribution >= 4 is 15.5 Å². The van der Waals surface area contributed by atoms with Crippen LogP contribution in [0.4, 0.5) is 5.69 Å². The van der Waals surface area contributed by atoms with Crippen molar-refractivity contribution in [2.75, 3.05) is 23.7 Å². The van der Waals surface area contributed by atoms with Crippen LogP contribution in [0.1, 0.15) is 20.3 Å². The molecule has 2 rings (SSSR count). The Labute approximate surface area is 115 Å². The standard InChI is InChI=1S/C14H21NO3S/c1-3-19(17,18)13-6-4-12(5-7-13)15-9-8-11(2)14(16)10-15/h4-7,11,14,16H,3,8-10H2,1-2H3/t11-,14+/m1/s1. The van der Waals surface area contributed by atoms with E-state index in [9.17, 15) is 13.5 Å². The Morgan fingerprint density at radius 1 is 1.32 bits per heavy atom. The number of anilines is 1. The number of rotatable bonds is 3. The van der Waals surface area contributed by atoms with E-state index in [-0.39, 0.29) is 11.9 Å². The molecule has 1 saturated heterocycles. The van der Waals surface area contributed by atoms with E-state index in [2.05, 4.69) is 11.8 Å². The fourth-order valence-electron chi connectivity index (χ4n) is 2.31. The van der Waals surface area contributed by atoms with Crippen LogP contribution in [0, 0.1) is 5.92 Å². The zero-order valence-corrected chi connectivity index (χ0v) is 12.2. The minimum atomic E-state index is -3.13. The predicted octanol–water partition coefficient (Wildman–Crippen LogP) is 1.69.